The van der Waals surface area contributed by atoms with E-state index in [1.807, 2.05) is 0 Å². The van der Waals surface area contributed by atoms with Gasteiger partial charge in [-0.2, -0.15) is 0 Å². The largest absolute Gasteiger partial charge is 0.383 e. The van der Waals surface area contributed by atoms with Gasteiger partial charge in [-0.25, -0.2) is 8.42 Å². The summed E-state index contributed by atoms with van der Waals surface area (Å²) in [6, 6.07) is -0.168. The first-order valence-electron chi connectivity index (χ1n) is 6.24. The first-order valence-corrected chi connectivity index (χ1v) is 8.06. The number of ether oxygens (including phenoxy) is 1. The third-order valence-electron chi connectivity index (χ3n) is 3.60. The summed E-state index contributed by atoms with van der Waals surface area (Å²) in [7, 11) is -1.38. The Bertz CT molecular complexity index is 405. The van der Waals surface area contributed by atoms with Crippen molar-refractivity contribution in [1.29, 1.82) is 0 Å². The highest BCUT2D eigenvalue weighted by molar-refractivity contribution is 7.91. The van der Waals surface area contributed by atoms with Crippen LogP contribution in [0, 0.1) is 5.92 Å². The molecule has 1 amide bonds. The molecule has 2 rings (SSSR count). The summed E-state index contributed by atoms with van der Waals surface area (Å²) in [6.45, 7) is 2.32. The summed E-state index contributed by atoms with van der Waals surface area (Å²) in [5.74, 6) is 0.359. The third-order valence-corrected chi connectivity index (χ3v) is 5.35. The van der Waals surface area contributed by atoms with Crippen LogP contribution in [0.2, 0.25) is 0 Å². The van der Waals surface area contributed by atoms with Crippen molar-refractivity contribution in [3.8, 4) is 0 Å². The summed E-state index contributed by atoms with van der Waals surface area (Å²) >= 11 is 0. The monoisotopic (exact) mass is 276 g/mol. The van der Waals surface area contributed by atoms with Crippen molar-refractivity contribution in [1.82, 2.24) is 10.2 Å². The molecule has 104 valence electrons. The molecule has 1 unspecified atom stereocenters. The van der Waals surface area contributed by atoms with Crippen LogP contribution < -0.4 is 5.32 Å². The molecule has 0 aromatic heterocycles. The Morgan fingerprint density at radius 3 is 2.61 bits per heavy atom. The molecule has 0 bridgehead atoms. The zero-order valence-electron chi connectivity index (χ0n) is 10.6. The van der Waals surface area contributed by atoms with Gasteiger partial charge in [0.2, 0.25) is 5.91 Å². The number of carbonyl (C=O) groups excluding carboxylic acids is 1. The molecular formula is C11H20N2O4S. The molecular weight excluding hydrogens is 256 g/mol. The fraction of sp³-hybridized carbons (Fsp3) is 0.909. The van der Waals surface area contributed by atoms with Crippen LogP contribution in [0.25, 0.3) is 0 Å². The summed E-state index contributed by atoms with van der Waals surface area (Å²) in [4.78, 5) is 14.0. The van der Waals surface area contributed by atoms with Crippen molar-refractivity contribution in [3.63, 3.8) is 0 Å². The maximum Gasteiger partial charge on any atom is 0.228 e. The van der Waals surface area contributed by atoms with Gasteiger partial charge in [-0.05, 0) is 6.42 Å². The topological polar surface area (TPSA) is 75.7 Å². The van der Waals surface area contributed by atoms with Crippen LogP contribution in [0.3, 0.4) is 0 Å². The Balaban J connectivity index is 2.02. The van der Waals surface area contributed by atoms with E-state index in [-0.39, 0.29) is 29.4 Å². The SMILES string of the molecule is COCCN(C(=O)C1CNC1)C1CCS(=O)(=O)C1. The second-order valence-corrected chi connectivity index (χ2v) is 7.17. The lowest BCUT2D eigenvalue weighted by molar-refractivity contribution is -0.139. The predicted octanol–water partition coefficient (Wildman–Crippen LogP) is -1.13. The number of sulfone groups is 1. The minimum absolute atomic E-state index is 0.00478. The highest BCUT2D eigenvalue weighted by atomic mass is 32.2. The average molecular weight is 276 g/mol. The quantitative estimate of drug-likeness (QED) is 0.687. The Hall–Kier alpha value is -0.660. The highest BCUT2D eigenvalue weighted by Gasteiger charge is 2.38. The minimum Gasteiger partial charge on any atom is -0.383 e. The van der Waals surface area contributed by atoms with E-state index in [2.05, 4.69) is 5.32 Å². The van der Waals surface area contributed by atoms with Crippen LogP contribution in [0.4, 0.5) is 0 Å². The predicted molar refractivity (Wildman–Crippen MR) is 67.0 cm³/mol. The zero-order chi connectivity index (χ0) is 13.2. The molecule has 1 N–H and O–H groups in total. The van der Waals surface area contributed by atoms with E-state index in [1.165, 1.54) is 0 Å². The number of hydrogen-bond donors (Lipinski definition) is 1. The number of nitrogens with one attached hydrogen (secondary N) is 1. The molecule has 2 aliphatic heterocycles. The van der Waals surface area contributed by atoms with Gasteiger partial charge in [0.15, 0.2) is 9.84 Å². The average Bonchev–Trinajstić information content (AvgIpc) is 2.57. The first-order chi connectivity index (χ1) is 8.53. The molecule has 2 fully saturated rings. The van der Waals surface area contributed by atoms with Crippen LogP contribution in [-0.2, 0) is 19.4 Å². The molecule has 0 radical (unpaired) electrons. The van der Waals surface area contributed by atoms with Crippen LogP contribution >= 0.6 is 0 Å². The van der Waals surface area contributed by atoms with Crippen LogP contribution in [0.5, 0.6) is 0 Å². The lowest BCUT2D eigenvalue weighted by Gasteiger charge is -2.35. The molecule has 0 saturated carbocycles. The molecule has 18 heavy (non-hydrogen) atoms. The van der Waals surface area contributed by atoms with Gasteiger partial charge in [0.05, 0.1) is 24.0 Å². The summed E-state index contributed by atoms with van der Waals surface area (Å²) in [5, 5.41) is 3.06. The molecule has 7 heteroatoms. The Morgan fingerprint density at radius 2 is 2.17 bits per heavy atom. The molecule has 2 heterocycles. The lowest BCUT2D eigenvalue weighted by atomic mass is 10.0. The van der Waals surface area contributed by atoms with E-state index >= 15 is 0 Å². The van der Waals surface area contributed by atoms with Gasteiger partial charge in [-0.15, -0.1) is 0 Å². The van der Waals surface area contributed by atoms with Crippen LogP contribution in [-0.4, -0.2) is 70.1 Å². The number of rotatable bonds is 5. The van der Waals surface area contributed by atoms with Gasteiger partial charge in [-0.1, -0.05) is 0 Å². The van der Waals surface area contributed by atoms with Gasteiger partial charge in [0.1, 0.15) is 0 Å². The van der Waals surface area contributed by atoms with E-state index in [9.17, 15) is 13.2 Å². The number of amides is 1. The van der Waals surface area contributed by atoms with Gasteiger partial charge < -0.3 is 15.0 Å². The summed E-state index contributed by atoms with van der Waals surface area (Å²) < 4.78 is 28.0. The molecule has 0 aromatic rings. The molecule has 1 atom stereocenters. The number of nitrogens with zero attached hydrogens (tertiary/aromatic N) is 1. The minimum atomic E-state index is -2.96. The van der Waals surface area contributed by atoms with E-state index in [4.69, 9.17) is 4.74 Å². The summed E-state index contributed by atoms with van der Waals surface area (Å²) in [5.41, 5.74) is 0. The van der Waals surface area contributed by atoms with Crippen molar-refractivity contribution < 1.29 is 17.9 Å². The first kappa shape index (κ1) is 13.8. The number of hydrogen-bond acceptors (Lipinski definition) is 5. The smallest absolute Gasteiger partial charge is 0.228 e. The fourth-order valence-corrected chi connectivity index (χ4v) is 4.11. The van der Waals surface area contributed by atoms with Crippen molar-refractivity contribution in [2.45, 2.75) is 12.5 Å². The maximum atomic E-state index is 12.3. The molecule has 0 aromatic carbocycles. The molecule has 2 aliphatic rings. The van der Waals surface area contributed by atoms with Crippen molar-refractivity contribution in [3.05, 3.63) is 0 Å². The normalized spacial score (nSPS) is 26.8. The van der Waals surface area contributed by atoms with Crippen molar-refractivity contribution >= 4 is 15.7 Å². The standard InChI is InChI=1S/C11H20N2O4S/c1-17-4-3-13(11(14)9-6-12-7-9)10-2-5-18(15,16)8-10/h9-10,12H,2-8H2,1H3. The zero-order valence-corrected chi connectivity index (χ0v) is 11.4. The van der Waals surface area contributed by atoms with Crippen molar-refractivity contribution in [2.24, 2.45) is 5.92 Å². The summed E-state index contributed by atoms with van der Waals surface area (Å²) in [6.07, 6.45) is 0.554. The number of methoxy groups -OCH3 is 1. The second-order valence-electron chi connectivity index (χ2n) is 4.94. The lowest BCUT2D eigenvalue weighted by Crippen LogP contribution is -2.55. The second kappa shape index (κ2) is 5.54. The Morgan fingerprint density at radius 1 is 1.44 bits per heavy atom. The van der Waals surface area contributed by atoms with E-state index in [0.717, 1.165) is 0 Å². The van der Waals surface area contributed by atoms with Crippen molar-refractivity contribution in [2.75, 3.05) is 44.9 Å². The van der Waals surface area contributed by atoms with Gasteiger partial charge in [0, 0.05) is 32.8 Å². The Labute approximate surface area is 108 Å². The highest BCUT2D eigenvalue weighted by Crippen LogP contribution is 2.20. The third kappa shape index (κ3) is 3.02. The fourth-order valence-electron chi connectivity index (χ4n) is 2.38. The molecule has 0 aliphatic carbocycles. The Kier molecular flexibility index (Phi) is 4.24. The molecule has 6 nitrogen and oxygen atoms in total. The van der Waals surface area contributed by atoms with Gasteiger partial charge >= 0.3 is 0 Å². The number of carbonyl (C=O) groups is 1. The van der Waals surface area contributed by atoms with E-state index in [0.29, 0.717) is 32.7 Å². The van der Waals surface area contributed by atoms with Gasteiger partial charge in [-0.3, -0.25) is 4.79 Å². The van der Waals surface area contributed by atoms with E-state index in [1.54, 1.807) is 12.0 Å². The van der Waals surface area contributed by atoms with E-state index < -0.39 is 9.84 Å². The molecule has 0 spiro atoms. The van der Waals surface area contributed by atoms with Crippen LogP contribution in [0.15, 0.2) is 0 Å². The molecule has 2 saturated heterocycles. The van der Waals surface area contributed by atoms with Gasteiger partial charge in [0.25, 0.3) is 0 Å². The maximum absolute atomic E-state index is 12.3. The van der Waals surface area contributed by atoms with Crippen LogP contribution in [0.1, 0.15) is 6.42 Å².